The maximum absolute atomic E-state index is 13.8. The van der Waals surface area contributed by atoms with Gasteiger partial charge in [-0.05, 0) is 54.4 Å². The first-order chi connectivity index (χ1) is 14.9. The van der Waals surface area contributed by atoms with Crippen LogP contribution in [0.3, 0.4) is 0 Å². The van der Waals surface area contributed by atoms with Crippen molar-refractivity contribution >= 4 is 17.9 Å². The normalized spacial score (nSPS) is 33.2. The Morgan fingerprint density at radius 2 is 1.94 bits per heavy atom. The highest BCUT2D eigenvalue weighted by atomic mass is 16.2. The highest BCUT2D eigenvalue weighted by molar-refractivity contribution is 5.99. The molecular weight excluding hydrogens is 386 g/mol. The first-order valence-corrected chi connectivity index (χ1v) is 11.1. The van der Waals surface area contributed by atoms with Gasteiger partial charge in [0.25, 0.3) is 0 Å². The van der Waals surface area contributed by atoms with Gasteiger partial charge in [0.05, 0.1) is 12.2 Å². The Hall–Kier alpha value is -2.95. The number of piperidine rings is 1. The summed E-state index contributed by atoms with van der Waals surface area (Å²) in [4.78, 5) is 33.4. The molecule has 0 spiro atoms. The van der Waals surface area contributed by atoms with Crippen molar-refractivity contribution in [3.05, 3.63) is 72.1 Å². The second-order valence-corrected chi connectivity index (χ2v) is 9.72. The van der Waals surface area contributed by atoms with E-state index in [0.29, 0.717) is 19.0 Å². The Balaban J connectivity index is 1.45. The largest absolute Gasteiger partial charge is 0.348 e. The van der Waals surface area contributed by atoms with Crippen LogP contribution in [0.1, 0.15) is 44.4 Å². The van der Waals surface area contributed by atoms with Gasteiger partial charge in [0.1, 0.15) is 5.54 Å². The number of benzene rings is 1. The third-order valence-corrected chi connectivity index (χ3v) is 8.57. The average molecular weight is 416 g/mol. The summed E-state index contributed by atoms with van der Waals surface area (Å²) in [5, 5.41) is 3.13. The van der Waals surface area contributed by atoms with Gasteiger partial charge in [0.15, 0.2) is 0 Å². The van der Waals surface area contributed by atoms with E-state index in [1.54, 1.807) is 12.3 Å². The molecule has 3 aliphatic rings. The Labute approximate surface area is 183 Å². The number of amides is 2. The predicted octanol–water partition coefficient (Wildman–Crippen LogP) is 3.82. The molecular formula is C26H29N3O2. The number of rotatable bonds is 5. The van der Waals surface area contributed by atoms with Crippen molar-refractivity contribution in [1.82, 2.24) is 15.2 Å². The summed E-state index contributed by atoms with van der Waals surface area (Å²) in [6, 6.07) is 15.5. The third-order valence-electron chi connectivity index (χ3n) is 8.57. The van der Waals surface area contributed by atoms with Gasteiger partial charge in [-0.3, -0.25) is 14.6 Å². The number of hydrogen-bond acceptors (Lipinski definition) is 3. The number of hydrogen-bond donors (Lipinski definition) is 1. The molecule has 2 amide bonds. The lowest BCUT2D eigenvalue weighted by molar-refractivity contribution is -0.149. The lowest BCUT2D eigenvalue weighted by Crippen LogP contribution is -2.63. The molecule has 4 atom stereocenters. The minimum Gasteiger partial charge on any atom is -0.348 e. The summed E-state index contributed by atoms with van der Waals surface area (Å²) in [6.07, 6.45) is 8.08. The van der Waals surface area contributed by atoms with Crippen LogP contribution in [0.25, 0.3) is 6.08 Å². The Kier molecular flexibility index (Phi) is 4.54. The summed E-state index contributed by atoms with van der Waals surface area (Å²) in [6.45, 7) is 5.53. The molecule has 3 fully saturated rings. The minimum atomic E-state index is -0.794. The number of carbonyl (C=O) groups is 2. The molecule has 4 bridgehead atoms. The Morgan fingerprint density at radius 1 is 1.16 bits per heavy atom. The van der Waals surface area contributed by atoms with Crippen LogP contribution in [-0.2, 0) is 16.1 Å². The Bertz CT molecular complexity index is 1040. The van der Waals surface area contributed by atoms with Gasteiger partial charge in [-0.15, -0.1) is 0 Å². The number of nitrogens with zero attached hydrogens (tertiary/aromatic N) is 2. The van der Waals surface area contributed by atoms with Crippen LogP contribution in [0.2, 0.25) is 0 Å². The molecule has 160 valence electrons. The van der Waals surface area contributed by atoms with E-state index in [2.05, 4.69) is 24.1 Å². The highest BCUT2D eigenvalue weighted by Crippen LogP contribution is 2.75. The molecule has 1 aromatic carbocycles. The summed E-state index contributed by atoms with van der Waals surface area (Å²) in [7, 11) is 0. The molecule has 4 unspecified atom stereocenters. The van der Waals surface area contributed by atoms with E-state index in [1.165, 1.54) is 0 Å². The standard InChI is InChI=1S/C26H29N3O2/c1-24-18-29(22(30)12-11-19-8-4-3-5-9-19)26(16-20(24)13-14-25(24,26)2)23(31)28-17-21-10-6-7-15-27-21/h3-12,15,20H,13-14,16-18H2,1-2H3,(H,28,31). The fourth-order valence-corrected chi connectivity index (χ4v) is 6.65. The monoisotopic (exact) mass is 415 g/mol. The number of carbonyl (C=O) groups excluding carboxylic acids is 2. The molecule has 2 aromatic rings. The summed E-state index contributed by atoms with van der Waals surface area (Å²) in [5.74, 6) is 0.375. The molecule has 2 saturated carbocycles. The van der Waals surface area contributed by atoms with Crippen LogP contribution in [0.5, 0.6) is 0 Å². The van der Waals surface area contributed by atoms with E-state index in [4.69, 9.17) is 0 Å². The van der Waals surface area contributed by atoms with Gasteiger partial charge in [0, 0.05) is 24.2 Å². The van der Waals surface area contributed by atoms with Gasteiger partial charge in [-0.2, -0.15) is 0 Å². The number of likely N-dealkylation sites (tertiary alicyclic amines) is 1. The fourth-order valence-electron chi connectivity index (χ4n) is 6.65. The molecule has 2 aliphatic carbocycles. The van der Waals surface area contributed by atoms with Gasteiger partial charge < -0.3 is 10.2 Å². The molecule has 31 heavy (non-hydrogen) atoms. The van der Waals surface area contributed by atoms with Crippen molar-refractivity contribution in [2.75, 3.05) is 6.54 Å². The third kappa shape index (κ3) is 2.72. The zero-order chi connectivity index (χ0) is 21.7. The molecule has 0 radical (unpaired) electrons. The number of pyridine rings is 1. The number of aromatic nitrogens is 1. The number of nitrogens with one attached hydrogen (secondary N) is 1. The van der Waals surface area contributed by atoms with Crippen LogP contribution in [0, 0.1) is 16.7 Å². The van der Waals surface area contributed by atoms with Crippen molar-refractivity contribution in [2.24, 2.45) is 16.7 Å². The van der Waals surface area contributed by atoms with Crippen molar-refractivity contribution in [3.63, 3.8) is 0 Å². The predicted molar refractivity (Wildman–Crippen MR) is 120 cm³/mol. The molecule has 1 aromatic heterocycles. The zero-order valence-electron chi connectivity index (χ0n) is 18.2. The summed E-state index contributed by atoms with van der Waals surface area (Å²) in [5.41, 5.74) is 0.772. The smallest absolute Gasteiger partial charge is 0.247 e. The van der Waals surface area contributed by atoms with E-state index in [9.17, 15) is 9.59 Å². The SMILES string of the molecule is CC12CN(C(=O)C=Cc3ccccc3)C3(C(=O)NCc4ccccn4)CC1CCC23C. The van der Waals surface area contributed by atoms with E-state index in [1.807, 2.05) is 59.5 Å². The maximum atomic E-state index is 13.8. The quantitative estimate of drug-likeness (QED) is 0.755. The maximum Gasteiger partial charge on any atom is 0.247 e. The van der Waals surface area contributed by atoms with Gasteiger partial charge in [-0.1, -0.05) is 50.2 Å². The minimum absolute atomic E-state index is 0.0222. The summed E-state index contributed by atoms with van der Waals surface area (Å²) >= 11 is 0. The van der Waals surface area contributed by atoms with Crippen LogP contribution in [0.15, 0.2) is 60.8 Å². The molecule has 5 rings (SSSR count). The van der Waals surface area contributed by atoms with Crippen LogP contribution in [-0.4, -0.2) is 33.8 Å². The first kappa shape index (κ1) is 20.0. The van der Waals surface area contributed by atoms with Gasteiger partial charge in [0.2, 0.25) is 11.8 Å². The zero-order valence-corrected chi connectivity index (χ0v) is 18.2. The molecule has 2 heterocycles. The molecule has 5 heteroatoms. The average Bonchev–Trinajstić information content (AvgIpc) is 3.25. The second-order valence-electron chi connectivity index (χ2n) is 9.72. The molecule has 1 saturated heterocycles. The van der Waals surface area contributed by atoms with Crippen LogP contribution in [0.4, 0.5) is 0 Å². The van der Waals surface area contributed by atoms with E-state index >= 15 is 0 Å². The molecule has 1 aliphatic heterocycles. The van der Waals surface area contributed by atoms with Crippen LogP contribution >= 0.6 is 0 Å². The van der Waals surface area contributed by atoms with Crippen molar-refractivity contribution < 1.29 is 9.59 Å². The van der Waals surface area contributed by atoms with Crippen molar-refractivity contribution in [3.8, 4) is 0 Å². The van der Waals surface area contributed by atoms with Crippen LogP contribution < -0.4 is 5.32 Å². The summed E-state index contributed by atoms with van der Waals surface area (Å²) < 4.78 is 0. The highest BCUT2D eigenvalue weighted by Gasteiger charge is 2.80. The first-order valence-electron chi connectivity index (χ1n) is 11.1. The van der Waals surface area contributed by atoms with Crippen molar-refractivity contribution in [2.45, 2.75) is 45.2 Å². The van der Waals surface area contributed by atoms with Gasteiger partial charge >= 0.3 is 0 Å². The lowest BCUT2D eigenvalue weighted by atomic mass is 9.65. The topological polar surface area (TPSA) is 62.3 Å². The van der Waals surface area contributed by atoms with E-state index < -0.39 is 5.54 Å². The van der Waals surface area contributed by atoms with E-state index in [0.717, 1.165) is 30.5 Å². The Morgan fingerprint density at radius 3 is 2.65 bits per heavy atom. The van der Waals surface area contributed by atoms with E-state index in [-0.39, 0.29) is 22.6 Å². The molecule has 5 nitrogen and oxygen atoms in total. The van der Waals surface area contributed by atoms with Crippen molar-refractivity contribution in [1.29, 1.82) is 0 Å². The lowest BCUT2D eigenvalue weighted by Gasteiger charge is -2.46. The fraction of sp³-hybridized carbons (Fsp3) is 0.423. The molecule has 1 N–H and O–H groups in total. The second kappa shape index (κ2) is 7.04. The van der Waals surface area contributed by atoms with Gasteiger partial charge in [-0.25, -0.2) is 0 Å².